The van der Waals surface area contributed by atoms with E-state index in [1.54, 1.807) is 0 Å². The highest BCUT2D eigenvalue weighted by atomic mass is 35.5. The van der Waals surface area contributed by atoms with Crippen LogP contribution < -0.4 is 16.7 Å². The van der Waals surface area contributed by atoms with Crippen LogP contribution in [0.3, 0.4) is 0 Å². The largest absolute Gasteiger partial charge is 0.348 e. The zero-order chi connectivity index (χ0) is 25.1. The molecular weight excluding hydrogens is 472 g/mol. The van der Waals surface area contributed by atoms with Crippen LogP contribution in [0.25, 0.3) is 21.8 Å². The van der Waals surface area contributed by atoms with Gasteiger partial charge in [0.2, 0.25) is 5.84 Å². The van der Waals surface area contributed by atoms with Crippen molar-refractivity contribution in [3.63, 3.8) is 0 Å². The Kier molecular flexibility index (Phi) is 6.47. The van der Waals surface area contributed by atoms with Crippen molar-refractivity contribution in [2.24, 2.45) is 16.1 Å². The van der Waals surface area contributed by atoms with E-state index >= 15 is 0 Å². The molecule has 0 saturated carbocycles. The predicted octanol–water partition coefficient (Wildman–Crippen LogP) is 4.26. The van der Waals surface area contributed by atoms with Crippen LogP contribution in [0.1, 0.15) is 27.0 Å². The maximum Gasteiger partial charge on any atom is 0.251 e. The second-order valence-corrected chi connectivity index (χ2v) is 8.86. The number of amides is 1. The third-order valence-electron chi connectivity index (χ3n) is 6.20. The summed E-state index contributed by atoms with van der Waals surface area (Å²) in [5.41, 5.74) is 11.0. The van der Waals surface area contributed by atoms with Crippen molar-refractivity contribution < 1.29 is 10.3 Å². The first-order valence-electron chi connectivity index (χ1n) is 11.4. The summed E-state index contributed by atoms with van der Waals surface area (Å²) in [5, 5.41) is 13.1. The third kappa shape index (κ3) is 4.56. The van der Waals surface area contributed by atoms with Crippen LogP contribution in [-0.2, 0) is 13.1 Å². The van der Waals surface area contributed by atoms with Crippen molar-refractivity contribution >= 4 is 45.1 Å². The van der Waals surface area contributed by atoms with Crippen LogP contribution in [0.2, 0.25) is 5.02 Å². The van der Waals surface area contributed by atoms with Gasteiger partial charge < -0.3 is 15.7 Å². The van der Waals surface area contributed by atoms with E-state index in [4.69, 9.17) is 23.0 Å². The number of benzene rings is 4. The second kappa shape index (κ2) is 10.0. The first kappa shape index (κ1) is 23.3. The molecule has 36 heavy (non-hydrogen) atoms. The Morgan fingerprint density at radius 2 is 1.53 bits per heavy atom. The van der Waals surface area contributed by atoms with E-state index in [0.29, 0.717) is 29.5 Å². The average Bonchev–Trinajstić information content (AvgIpc) is 3.22. The number of hydrazone groups is 1. The van der Waals surface area contributed by atoms with Gasteiger partial charge in [-0.15, -0.1) is 0 Å². The smallest absolute Gasteiger partial charge is 0.251 e. The highest BCUT2D eigenvalue weighted by Crippen LogP contribution is 2.30. The number of rotatable bonds is 6. The van der Waals surface area contributed by atoms with Gasteiger partial charge in [-0.3, -0.25) is 4.79 Å². The number of hydrogen-bond donors (Lipinski definition) is 3. The summed E-state index contributed by atoms with van der Waals surface area (Å²) < 4.78 is 2.25. The van der Waals surface area contributed by atoms with Crippen molar-refractivity contribution in [2.45, 2.75) is 13.1 Å². The lowest BCUT2D eigenvalue weighted by Gasteiger charge is -2.10. The Labute approximate surface area is 212 Å². The number of halogens is 1. The zero-order valence-electron chi connectivity index (χ0n) is 19.4. The number of aromatic nitrogens is 1. The van der Waals surface area contributed by atoms with Gasteiger partial charge in [0.1, 0.15) is 0 Å². The van der Waals surface area contributed by atoms with E-state index in [1.807, 2.05) is 78.9 Å². The van der Waals surface area contributed by atoms with Crippen molar-refractivity contribution in [3.05, 3.63) is 118 Å². The van der Waals surface area contributed by atoms with Crippen molar-refractivity contribution in [1.29, 1.82) is 0 Å². The molecule has 1 heterocycles. The topological polar surface area (TPSA) is 110 Å². The fourth-order valence-electron chi connectivity index (χ4n) is 4.38. The molecule has 0 spiro atoms. The molecule has 178 valence electrons. The highest BCUT2D eigenvalue weighted by Gasteiger charge is 2.14. The number of fused-ring (bicyclic) bond motifs is 3. The lowest BCUT2D eigenvalue weighted by atomic mass is 10.1. The summed E-state index contributed by atoms with van der Waals surface area (Å²) in [6, 6.07) is 29.3. The van der Waals surface area contributed by atoms with Crippen molar-refractivity contribution in [1.82, 2.24) is 9.88 Å². The second-order valence-electron chi connectivity index (χ2n) is 8.42. The van der Waals surface area contributed by atoms with Crippen LogP contribution in [0, 0.1) is 0 Å². The molecule has 0 radical (unpaired) electrons. The van der Waals surface area contributed by atoms with E-state index in [0.717, 1.165) is 38.5 Å². The highest BCUT2D eigenvalue weighted by molar-refractivity contribution is 6.30. The molecule has 0 atom stereocenters. The summed E-state index contributed by atoms with van der Waals surface area (Å²) in [4.78, 5) is 12.6. The van der Waals surface area contributed by atoms with Crippen molar-refractivity contribution in [2.75, 3.05) is 0 Å². The maximum absolute atomic E-state index is 12.6. The molecule has 0 fully saturated rings. The van der Waals surface area contributed by atoms with Gasteiger partial charge in [0.25, 0.3) is 5.91 Å². The number of para-hydroxylation sites is 1. The van der Waals surface area contributed by atoms with Gasteiger partial charge in [-0.2, -0.15) is 10.6 Å². The summed E-state index contributed by atoms with van der Waals surface area (Å²) in [7, 11) is 0. The van der Waals surface area contributed by atoms with Crippen LogP contribution >= 0.6 is 11.6 Å². The van der Waals surface area contributed by atoms with Crippen LogP contribution in [0.15, 0.2) is 101 Å². The molecule has 5 aromatic rings. The fourth-order valence-corrected chi connectivity index (χ4v) is 4.50. The number of carbonyl (C=O) groups excluding carboxylic acids is 1. The Hall–Kier alpha value is -4.49. The normalized spacial score (nSPS) is 11.6. The molecule has 5 rings (SSSR count). The molecule has 5 N–H and O–H groups in total. The van der Waals surface area contributed by atoms with E-state index in [9.17, 15) is 4.79 Å². The number of carbonyl (C=O) groups is 1. The number of nitrogens with zero attached hydrogens (tertiary/aromatic N) is 3. The molecule has 7 nitrogen and oxygen atoms in total. The quantitative estimate of drug-likeness (QED) is 0.107. The maximum atomic E-state index is 12.6. The van der Waals surface area contributed by atoms with Gasteiger partial charge in [0.15, 0.2) is 0 Å². The van der Waals surface area contributed by atoms with Gasteiger partial charge in [0.05, 0.1) is 0 Å². The molecule has 0 bridgehead atoms. The molecule has 1 aromatic heterocycles. The molecule has 0 saturated heterocycles. The van der Waals surface area contributed by atoms with Gasteiger partial charge in [0, 0.05) is 56.2 Å². The fraction of sp³-hybridized carbons (Fsp3) is 0.0714. The van der Waals surface area contributed by atoms with E-state index in [1.165, 1.54) is 0 Å². The van der Waals surface area contributed by atoms with Gasteiger partial charge in [-0.05, 0) is 59.7 Å². The first-order chi connectivity index (χ1) is 17.6. The minimum atomic E-state index is -0.122. The number of nitrogens with two attached hydrogens (primary N) is 2. The minimum Gasteiger partial charge on any atom is -0.348 e. The Morgan fingerprint density at radius 3 is 2.25 bits per heavy atom. The summed E-state index contributed by atoms with van der Waals surface area (Å²) >= 11 is 5.92. The van der Waals surface area contributed by atoms with Crippen molar-refractivity contribution in [3.8, 4) is 0 Å². The molecular formula is C28H24ClN6O+. The Bertz CT molecular complexity index is 1600. The third-order valence-corrected chi connectivity index (χ3v) is 6.45. The molecule has 1 amide bonds. The van der Waals surface area contributed by atoms with E-state index < -0.39 is 0 Å². The zero-order valence-corrected chi connectivity index (χ0v) is 20.1. The summed E-state index contributed by atoms with van der Waals surface area (Å²) in [5.74, 6) is 5.61. The van der Waals surface area contributed by atoms with Crippen LogP contribution in [0.5, 0.6) is 0 Å². The Balaban J connectivity index is 1.39. The molecule has 0 aliphatic rings. The van der Waals surface area contributed by atoms with E-state index in [-0.39, 0.29) is 5.91 Å². The molecule has 0 aliphatic carbocycles. The summed E-state index contributed by atoms with van der Waals surface area (Å²) in [6.45, 7) is 1.09. The van der Waals surface area contributed by atoms with Gasteiger partial charge in [-0.25, -0.2) is 0 Å². The lowest BCUT2D eigenvalue weighted by Crippen LogP contribution is -2.27. The lowest BCUT2D eigenvalue weighted by molar-refractivity contribution is -0.206. The van der Waals surface area contributed by atoms with Gasteiger partial charge >= 0.3 is 0 Å². The van der Waals surface area contributed by atoms with Gasteiger partial charge in [-0.1, -0.05) is 54.1 Å². The molecule has 4 aromatic carbocycles. The molecule has 0 aliphatic heterocycles. The predicted molar refractivity (Wildman–Crippen MR) is 143 cm³/mol. The van der Waals surface area contributed by atoms with Crippen LogP contribution in [0.4, 0.5) is 0 Å². The molecule has 0 unspecified atom stereocenters. The summed E-state index contributed by atoms with van der Waals surface area (Å²) in [6.07, 6.45) is 0. The first-order valence-corrected chi connectivity index (χ1v) is 11.8. The number of amidine groups is 1. The van der Waals surface area contributed by atoms with E-state index in [2.05, 4.69) is 32.2 Å². The monoisotopic (exact) mass is 495 g/mol. The Morgan fingerprint density at radius 1 is 0.861 bits per heavy atom. The van der Waals surface area contributed by atoms with Crippen LogP contribution in [-0.4, -0.2) is 16.3 Å². The SMILES string of the molecule is NN=C(N=[NH2+])c1ccc2c(c1)c1ccccc1n2Cc1ccc(C(=O)NCc2ccc(Cl)cc2)cc1. The minimum absolute atomic E-state index is 0.122. The molecule has 8 heteroatoms. The number of nitrogens with one attached hydrogen (secondary N) is 1. The number of hydrogen-bond acceptors (Lipinski definition) is 3. The standard InChI is InChI=1S/C28H23ClN6O/c29-22-12-7-18(8-13-22)16-32-28(36)20-9-5-19(6-10-20)17-35-25-4-2-1-3-23(25)24-15-21(11-14-26(24)35)27(33-30)34-31/h1-15,30H,16-17,31H2,(H,32,36)/p+1. The average molecular weight is 496 g/mol.